The maximum atomic E-state index is 12.6. The molecule has 0 saturated carbocycles. The third-order valence-electron chi connectivity index (χ3n) is 5.23. The van der Waals surface area contributed by atoms with Gasteiger partial charge >= 0.3 is 5.97 Å². The van der Waals surface area contributed by atoms with Crippen LogP contribution in [0.4, 0.5) is 0 Å². The van der Waals surface area contributed by atoms with Gasteiger partial charge in [-0.3, -0.25) is 0 Å². The first-order chi connectivity index (χ1) is 14.2. The summed E-state index contributed by atoms with van der Waals surface area (Å²) in [4.78, 5) is 16.0. The van der Waals surface area contributed by atoms with E-state index in [1.54, 1.807) is 6.07 Å². The van der Waals surface area contributed by atoms with E-state index in [4.69, 9.17) is 9.15 Å². The third-order valence-corrected chi connectivity index (χ3v) is 5.92. The van der Waals surface area contributed by atoms with Gasteiger partial charge in [0.1, 0.15) is 0 Å². The van der Waals surface area contributed by atoms with Crippen LogP contribution in [0.25, 0.3) is 22.4 Å². The predicted molar refractivity (Wildman–Crippen MR) is 111 cm³/mol. The Kier molecular flexibility index (Phi) is 4.67. The average Bonchev–Trinajstić information content (AvgIpc) is 3.36. The van der Waals surface area contributed by atoms with Crippen LogP contribution in [0.15, 0.2) is 51.4 Å². The van der Waals surface area contributed by atoms with E-state index in [9.17, 15) is 4.79 Å². The van der Waals surface area contributed by atoms with Crippen LogP contribution < -0.4 is 0 Å². The lowest BCUT2D eigenvalue weighted by Crippen LogP contribution is -2.05. The minimum absolute atomic E-state index is 0.0699. The van der Waals surface area contributed by atoms with Gasteiger partial charge < -0.3 is 14.1 Å². The molecule has 0 amide bonds. The highest BCUT2D eigenvalue weighted by Gasteiger charge is 2.18. The maximum absolute atomic E-state index is 12.6. The van der Waals surface area contributed by atoms with E-state index in [1.807, 2.05) is 36.4 Å². The SMILES string of the molecule is O=C(OCc1nnc(-c2ccccc2Br)o1)c1ccc2[nH]c3c(c2c1)CCCC3. The number of nitrogens with one attached hydrogen (secondary N) is 1. The summed E-state index contributed by atoms with van der Waals surface area (Å²) < 4.78 is 11.9. The van der Waals surface area contributed by atoms with Crippen molar-refractivity contribution in [3.05, 3.63) is 69.6 Å². The molecule has 1 aliphatic rings. The fourth-order valence-corrected chi connectivity index (χ4v) is 4.25. The number of rotatable bonds is 4. The number of hydrogen-bond donors (Lipinski definition) is 1. The minimum Gasteiger partial charge on any atom is -0.452 e. The second-order valence-electron chi connectivity index (χ2n) is 7.11. The van der Waals surface area contributed by atoms with Crippen molar-refractivity contribution < 1.29 is 13.9 Å². The summed E-state index contributed by atoms with van der Waals surface area (Å²) >= 11 is 3.46. The first-order valence-corrected chi connectivity index (χ1v) is 10.4. The van der Waals surface area contributed by atoms with Crippen LogP contribution in [0.3, 0.4) is 0 Å². The monoisotopic (exact) mass is 451 g/mol. The average molecular weight is 452 g/mol. The summed E-state index contributed by atoms with van der Waals surface area (Å²) in [7, 11) is 0. The van der Waals surface area contributed by atoms with Gasteiger partial charge in [0.05, 0.1) is 11.1 Å². The van der Waals surface area contributed by atoms with Crippen molar-refractivity contribution in [1.82, 2.24) is 15.2 Å². The number of carbonyl (C=O) groups is 1. The van der Waals surface area contributed by atoms with Crippen molar-refractivity contribution >= 4 is 32.8 Å². The molecule has 0 radical (unpaired) electrons. The number of H-pyrrole nitrogens is 1. The Morgan fingerprint density at radius 2 is 2.00 bits per heavy atom. The molecule has 2 heterocycles. The lowest BCUT2D eigenvalue weighted by molar-refractivity contribution is 0.0439. The van der Waals surface area contributed by atoms with Crippen LogP contribution in [0.2, 0.25) is 0 Å². The number of esters is 1. The molecule has 0 spiro atoms. The van der Waals surface area contributed by atoms with Crippen molar-refractivity contribution in [2.75, 3.05) is 0 Å². The summed E-state index contributed by atoms with van der Waals surface area (Å²) in [6.07, 6.45) is 4.51. The Morgan fingerprint density at radius 1 is 1.14 bits per heavy atom. The summed E-state index contributed by atoms with van der Waals surface area (Å²) in [5.74, 6) is 0.228. The first-order valence-electron chi connectivity index (χ1n) is 9.57. The predicted octanol–water partition coefficient (Wildman–Crippen LogP) is 5.22. The fourth-order valence-electron chi connectivity index (χ4n) is 3.80. The van der Waals surface area contributed by atoms with Crippen molar-refractivity contribution in [3.63, 3.8) is 0 Å². The number of aromatic nitrogens is 3. The van der Waals surface area contributed by atoms with Crippen molar-refractivity contribution in [2.45, 2.75) is 32.3 Å². The Bertz CT molecular complexity index is 1210. The summed E-state index contributed by atoms with van der Waals surface area (Å²) in [6, 6.07) is 13.2. The molecule has 0 atom stereocenters. The van der Waals surface area contributed by atoms with E-state index in [2.05, 4.69) is 31.1 Å². The molecule has 2 aromatic heterocycles. The summed E-state index contributed by atoms with van der Waals surface area (Å²) in [5, 5.41) is 9.13. The maximum Gasteiger partial charge on any atom is 0.338 e. The lowest BCUT2D eigenvalue weighted by atomic mass is 9.95. The Morgan fingerprint density at radius 3 is 2.90 bits per heavy atom. The second-order valence-corrected chi connectivity index (χ2v) is 7.96. The summed E-state index contributed by atoms with van der Waals surface area (Å²) in [6.45, 7) is -0.0699. The number of aryl methyl sites for hydroxylation is 2. The van der Waals surface area contributed by atoms with Crippen LogP contribution in [0.5, 0.6) is 0 Å². The zero-order valence-electron chi connectivity index (χ0n) is 15.6. The lowest BCUT2D eigenvalue weighted by Gasteiger charge is -2.10. The highest BCUT2D eigenvalue weighted by molar-refractivity contribution is 9.10. The Labute approximate surface area is 175 Å². The van der Waals surface area contributed by atoms with Gasteiger partial charge in [0.15, 0.2) is 6.61 Å². The van der Waals surface area contributed by atoms with Crippen LogP contribution in [-0.2, 0) is 24.2 Å². The topological polar surface area (TPSA) is 81.0 Å². The number of hydrogen-bond acceptors (Lipinski definition) is 5. The van der Waals surface area contributed by atoms with E-state index in [0.29, 0.717) is 11.5 Å². The molecule has 2 aromatic carbocycles. The largest absolute Gasteiger partial charge is 0.452 e. The number of aromatic amines is 1. The van der Waals surface area contributed by atoms with Gasteiger partial charge in [0.25, 0.3) is 5.89 Å². The standard InChI is InChI=1S/C22H18BrN3O3/c23-17-7-3-1-6-15(17)21-26-25-20(29-21)12-28-22(27)13-9-10-19-16(11-13)14-5-2-4-8-18(14)24-19/h1,3,6-7,9-11,24H,2,4-5,8,12H2. The number of ether oxygens (including phenoxy) is 1. The van der Waals surface area contributed by atoms with E-state index >= 15 is 0 Å². The minimum atomic E-state index is -0.404. The molecule has 5 rings (SSSR count). The molecule has 0 bridgehead atoms. The molecule has 6 nitrogen and oxygen atoms in total. The van der Waals surface area contributed by atoms with Gasteiger partial charge in [0.2, 0.25) is 5.89 Å². The molecule has 0 aliphatic heterocycles. The number of nitrogens with zero attached hydrogens (tertiary/aromatic N) is 2. The molecular formula is C22H18BrN3O3. The van der Waals surface area contributed by atoms with Crippen molar-refractivity contribution in [2.24, 2.45) is 0 Å². The quantitative estimate of drug-likeness (QED) is 0.430. The molecular weight excluding hydrogens is 434 g/mol. The third kappa shape index (κ3) is 3.46. The molecule has 4 aromatic rings. The van der Waals surface area contributed by atoms with Crippen LogP contribution >= 0.6 is 15.9 Å². The van der Waals surface area contributed by atoms with Gasteiger partial charge in [-0.15, -0.1) is 10.2 Å². The van der Waals surface area contributed by atoms with E-state index < -0.39 is 5.97 Å². The molecule has 0 saturated heterocycles. The van der Waals surface area contributed by atoms with Gasteiger partial charge in [0, 0.05) is 21.1 Å². The van der Waals surface area contributed by atoms with Crippen LogP contribution in [0, 0.1) is 0 Å². The Balaban J connectivity index is 1.32. The molecule has 0 fully saturated rings. The van der Waals surface area contributed by atoms with Gasteiger partial charge in [-0.25, -0.2) is 4.79 Å². The Hall–Kier alpha value is -2.93. The molecule has 146 valence electrons. The second kappa shape index (κ2) is 7.48. The van der Waals surface area contributed by atoms with Crippen molar-refractivity contribution in [3.8, 4) is 11.5 Å². The normalized spacial score (nSPS) is 13.4. The highest BCUT2D eigenvalue weighted by Crippen LogP contribution is 2.30. The van der Waals surface area contributed by atoms with Crippen LogP contribution in [-0.4, -0.2) is 21.2 Å². The number of benzene rings is 2. The zero-order valence-corrected chi connectivity index (χ0v) is 17.2. The smallest absolute Gasteiger partial charge is 0.338 e. The number of carbonyl (C=O) groups excluding carboxylic acids is 1. The van der Waals surface area contributed by atoms with E-state index in [-0.39, 0.29) is 12.5 Å². The highest BCUT2D eigenvalue weighted by atomic mass is 79.9. The number of fused-ring (bicyclic) bond motifs is 3. The van der Waals surface area contributed by atoms with E-state index in [1.165, 1.54) is 24.1 Å². The van der Waals surface area contributed by atoms with E-state index in [0.717, 1.165) is 33.8 Å². The van der Waals surface area contributed by atoms with Gasteiger partial charge in [-0.05, 0) is 77.5 Å². The molecule has 0 unspecified atom stereocenters. The number of halogens is 1. The molecule has 1 N–H and O–H groups in total. The van der Waals surface area contributed by atoms with Gasteiger partial charge in [-0.1, -0.05) is 12.1 Å². The fraction of sp³-hybridized carbons (Fsp3) is 0.227. The zero-order chi connectivity index (χ0) is 19.8. The molecule has 7 heteroatoms. The molecule has 29 heavy (non-hydrogen) atoms. The first kappa shape index (κ1) is 18.1. The van der Waals surface area contributed by atoms with Gasteiger partial charge in [-0.2, -0.15) is 0 Å². The summed E-state index contributed by atoms with van der Waals surface area (Å²) in [5.41, 5.74) is 5.01. The van der Waals surface area contributed by atoms with Crippen molar-refractivity contribution in [1.29, 1.82) is 0 Å². The molecule has 1 aliphatic carbocycles. The van der Waals surface area contributed by atoms with Crippen LogP contribution in [0.1, 0.15) is 40.3 Å².